The Morgan fingerprint density at radius 1 is 1.12 bits per heavy atom. The van der Waals surface area contributed by atoms with Crippen LogP contribution in [0, 0.1) is 0 Å². The first-order valence-electron chi connectivity index (χ1n) is 5.02. The minimum Gasteiger partial charge on any atom is -0.396 e. The number of thioether (sulfide) groups is 3. The van der Waals surface area contributed by atoms with Crippen LogP contribution in [0.1, 0.15) is 6.92 Å². The lowest BCUT2D eigenvalue weighted by molar-refractivity contribution is 0.216. The number of aliphatic hydroxyl groups excluding tert-OH is 3. The summed E-state index contributed by atoms with van der Waals surface area (Å²) < 4.78 is -1.00. The van der Waals surface area contributed by atoms with Gasteiger partial charge in [-0.05, 0) is 6.92 Å². The minimum atomic E-state index is -1.00. The molecule has 2 atom stereocenters. The molecular weight excluding hydrogens is 268 g/mol. The summed E-state index contributed by atoms with van der Waals surface area (Å²) in [6.07, 6.45) is -0.464. The minimum absolute atomic E-state index is 0.0207. The summed E-state index contributed by atoms with van der Waals surface area (Å²) in [5, 5.41) is 36.8. The van der Waals surface area contributed by atoms with Gasteiger partial charge in [-0.2, -0.15) is 11.8 Å². The van der Waals surface area contributed by atoms with Crippen LogP contribution in [-0.2, 0) is 0 Å². The van der Waals surface area contributed by atoms with Crippen LogP contribution in [0.2, 0.25) is 0 Å². The first-order valence-corrected chi connectivity index (χ1v) is 8.14. The van der Waals surface area contributed by atoms with Crippen LogP contribution >= 0.6 is 35.3 Å². The summed E-state index contributed by atoms with van der Waals surface area (Å²) in [6.45, 7) is 1.78. The van der Waals surface area contributed by atoms with Crippen LogP contribution in [0.25, 0.3) is 0 Å². The maximum Gasteiger partial charge on any atom is 0.166 e. The number of hydrogen-bond acceptors (Lipinski definition) is 7. The monoisotopic (exact) mass is 288 g/mol. The van der Waals surface area contributed by atoms with E-state index in [0.29, 0.717) is 23.0 Å². The first-order chi connectivity index (χ1) is 7.54. The highest BCUT2D eigenvalue weighted by Gasteiger charge is 2.28. The summed E-state index contributed by atoms with van der Waals surface area (Å²) in [5.74, 6) is 1.96. The van der Waals surface area contributed by atoms with Crippen LogP contribution in [0.4, 0.5) is 0 Å². The van der Waals surface area contributed by atoms with Crippen LogP contribution in [0.15, 0.2) is 0 Å². The average Bonchev–Trinajstić information content (AvgIpc) is 2.24. The zero-order valence-corrected chi connectivity index (χ0v) is 11.8. The van der Waals surface area contributed by atoms with Gasteiger partial charge in [0.2, 0.25) is 0 Å². The molecular formula is C9H20O4S3. The van der Waals surface area contributed by atoms with Gasteiger partial charge in [0.15, 0.2) is 4.27 Å². The van der Waals surface area contributed by atoms with Gasteiger partial charge in [-0.25, -0.2) is 0 Å². The van der Waals surface area contributed by atoms with Crippen molar-refractivity contribution >= 4 is 35.3 Å². The molecule has 0 bridgehead atoms. The van der Waals surface area contributed by atoms with Crippen molar-refractivity contribution in [3.63, 3.8) is 0 Å². The summed E-state index contributed by atoms with van der Waals surface area (Å²) in [4.78, 5) is 0. The molecule has 0 heterocycles. The molecule has 0 amide bonds. The molecule has 7 heteroatoms. The van der Waals surface area contributed by atoms with E-state index < -0.39 is 10.4 Å². The van der Waals surface area contributed by atoms with Gasteiger partial charge in [-0.15, -0.1) is 23.5 Å². The Morgan fingerprint density at radius 2 is 1.75 bits per heavy atom. The topological polar surface area (TPSA) is 80.9 Å². The van der Waals surface area contributed by atoms with E-state index in [1.165, 1.54) is 35.3 Å². The van der Waals surface area contributed by atoms with Crippen molar-refractivity contribution < 1.29 is 20.4 Å². The molecule has 4 N–H and O–H groups in total. The lowest BCUT2D eigenvalue weighted by Crippen LogP contribution is -2.27. The van der Waals surface area contributed by atoms with Crippen LogP contribution in [-0.4, -0.2) is 67.0 Å². The van der Waals surface area contributed by atoms with Crippen molar-refractivity contribution in [2.24, 2.45) is 0 Å². The molecule has 0 spiro atoms. The molecule has 0 saturated carbocycles. The summed E-state index contributed by atoms with van der Waals surface area (Å²) in [7, 11) is 0. The second-order valence-corrected chi connectivity index (χ2v) is 7.25. The summed E-state index contributed by atoms with van der Waals surface area (Å²) in [5.41, 5.74) is 0. The van der Waals surface area contributed by atoms with Crippen molar-refractivity contribution in [1.29, 1.82) is 0 Å². The van der Waals surface area contributed by atoms with Crippen molar-refractivity contribution in [3.05, 3.63) is 0 Å². The largest absolute Gasteiger partial charge is 0.396 e. The zero-order chi connectivity index (χ0) is 12.4. The predicted molar refractivity (Wildman–Crippen MR) is 73.0 cm³/mol. The molecule has 0 aromatic rings. The number of aliphatic hydroxyl groups is 4. The normalized spacial score (nSPS) is 17.1. The predicted octanol–water partition coefficient (Wildman–Crippen LogP) is 0.198. The van der Waals surface area contributed by atoms with Gasteiger partial charge in [0.05, 0.1) is 19.3 Å². The second kappa shape index (κ2) is 9.87. The van der Waals surface area contributed by atoms with Gasteiger partial charge in [0.25, 0.3) is 0 Å². The highest BCUT2D eigenvalue weighted by Crippen LogP contribution is 2.37. The molecule has 0 aliphatic heterocycles. The van der Waals surface area contributed by atoms with Crippen LogP contribution in [0.5, 0.6) is 0 Å². The van der Waals surface area contributed by atoms with E-state index in [2.05, 4.69) is 0 Å². The summed E-state index contributed by atoms with van der Waals surface area (Å²) in [6, 6.07) is 0. The molecule has 98 valence electrons. The number of rotatable bonds is 10. The molecule has 0 fully saturated rings. The van der Waals surface area contributed by atoms with Gasteiger partial charge in [-0.1, -0.05) is 0 Å². The fourth-order valence-corrected chi connectivity index (χ4v) is 4.24. The van der Waals surface area contributed by atoms with E-state index in [-0.39, 0.29) is 13.2 Å². The Morgan fingerprint density at radius 3 is 2.25 bits per heavy atom. The van der Waals surface area contributed by atoms with Crippen LogP contribution < -0.4 is 0 Å². The SMILES string of the molecule is CC(O)CSC(O)(CSCCO)SCCO. The van der Waals surface area contributed by atoms with Gasteiger partial charge >= 0.3 is 0 Å². The lowest BCUT2D eigenvalue weighted by Gasteiger charge is -2.26. The highest BCUT2D eigenvalue weighted by molar-refractivity contribution is 8.19. The Bertz CT molecular complexity index is 171. The molecule has 0 radical (unpaired) electrons. The van der Waals surface area contributed by atoms with E-state index in [4.69, 9.17) is 10.2 Å². The fourth-order valence-electron chi connectivity index (χ4n) is 0.847. The van der Waals surface area contributed by atoms with Crippen molar-refractivity contribution in [2.45, 2.75) is 17.3 Å². The zero-order valence-electron chi connectivity index (χ0n) is 9.33. The van der Waals surface area contributed by atoms with Gasteiger partial charge < -0.3 is 20.4 Å². The van der Waals surface area contributed by atoms with Gasteiger partial charge in [-0.3, -0.25) is 0 Å². The number of hydrogen-bond donors (Lipinski definition) is 4. The van der Waals surface area contributed by atoms with Crippen molar-refractivity contribution in [2.75, 3.05) is 36.2 Å². The summed E-state index contributed by atoms with van der Waals surface area (Å²) >= 11 is 4.01. The van der Waals surface area contributed by atoms with E-state index >= 15 is 0 Å². The molecule has 0 aliphatic rings. The molecule has 0 aromatic heterocycles. The standard InChI is InChI=1S/C9H20O4S3/c1-8(12)6-16-9(13,15-5-3-11)7-14-4-2-10/h8,10-13H,2-7H2,1H3. The van der Waals surface area contributed by atoms with Crippen LogP contribution in [0.3, 0.4) is 0 Å². The smallest absolute Gasteiger partial charge is 0.166 e. The van der Waals surface area contributed by atoms with Gasteiger partial charge in [0.1, 0.15) is 0 Å². The molecule has 2 unspecified atom stereocenters. The third-order valence-corrected chi connectivity index (χ3v) is 5.88. The highest BCUT2D eigenvalue weighted by atomic mass is 32.2. The molecule has 0 aliphatic carbocycles. The van der Waals surface area contributed by atoms with Crippen molar-refractivity contribution in [1.82, 2.24) is 0 Å². The third kappa shape index (κ3) is 8.98. The Balaban J connectivity index is 4.01. The molecule has 16 heavy (non-hydrogen) atoms. The fraction of sp³-hybridized carbons (Fsp3) is 1.00. The van der Waals surface area contributed by atoms with E-state index in [9.17, 15) is 10.2 Å². The van der Waals surface area contributed by atoms with E-state index in [0.717, 1.165) is 0 Å². The first kappa shape index (κ1) is 16.9. The average molecular weight is 288 g/mol. The van der Waals surface area contributed by atoms with E-state index in [1.54, 1.807) is 6.92 Å². The maximum absolute atomic E-state index is 10.2. The Hall–Kier alpha value is 0.890. The maximum atomic E-state index is 10.2. The van der Waals surface area contributed by atoms with E-state index in [1.807, 2.05) is 0 Å². The Labute approximate surface area is 109 Å². The molecule has 0 saturated heterocycles. The molecule has 0 rings (SSSR count). The molecule has 0 aromatic carbocycles. The second-order valence-electron chi connectivity index (χ2n) is 3.22. The quantitative estimate of drug-likeness (QED) is 0.338. The lowest BCUT2D eigenvalue weighted by atomic mass is 10.5. The molecule has 4 nitrogen and oxygen atoms in total. The Kier molecular flexibility index (Phi) is 10.4. The van der Waals surface area contributed by atoms with Crippen molar-refractivity contribution in [3.8, 4) is 0 Å². The van der Waals surface area contributed by atoms with Gasteiger partial charge in [0, 0.05) is 23.0 Å². The third-order valence-electron chi connectivity index (χ3n) is 1.49.